The van der Waals surface area contributed by atoms with Crippen LogP contribution >= 0.6 is 46.9 Å². The van der Waals surface area contributed by atoms with E-state index >= 15 is 0 Å². The van der Waals surface area contributed by atoms with Crippen molar-refractivity contribution in [2.45, 2.75) is 17.7 Å². The van der Waals surface area contributed by atoms with E-state index in [4.69, 9.17) is 16.3 Å². The van der Waals surface area contributed by atoms with Gasteiger partial charge in [-0.15, -0.1) is 35.3 Å². The molecule has 0 aliphatic heterocycles. The number of halogens is 2. The van der Waals surface area contributed by atoms with Crippen molar-refractivity contribution in [3.63, 3.8) is 0 Å². The predicted octanol–water partition coefficient (Wildman–Crippen LogP) is 3.06. The quantitative estimate of drug-likeness (QED) is 0.190. The largest absolute Gasteiger partial charge is 0.496 e. The molecule has 0 fully saturated rings. The molecule has 0 saturated carbocycles. The SMILES string of the molecule is CCNC(=NCc1ccccc1OC)NCCNS(=O)(=O)c1ccc(Cl)s1.I. The van der Waals surface area contributed by atoms with Gasteiger partial charge < -0.3 is 15.4 Å². The van der Waals surface area contributed by atoms with Crippen molar-refractivity contribution in [3.8, 4) is 5.75 Å². The maximum atomic E-state index is 12.2. The maximum Gasteiger partial charge on any atom is 0.250 e. The van der Waals surface area contributed by atoms with Gasteiger partial charge in [0.1, 0.15) is 9.96 Å². The maximum absolute atomic E-state index is 12.2. The van der Waals surface area contributed by atoms with Gasteiger partial charge in [-0.3, -0.25) is 0 Å². The molecule has 1 aromatic heterocycles. The minimum absolute atomic E-state index is 0. The summed E-state index contributed by atoms with van der Waals surface area (Å²) in [6.07, 6.45) is 0. The Hall–Kier alpha value is -1.08. The lowest BCUT2D eigenvalue weighted by Gasteiger charge is -2.12. The van der Waals surface area contributed by atoms with Crippen LogP contribution in [0.25, 0.3) is 0 Å². The summed E-state index contributed by atoms with van der Waals surface area (Å²) in [4.78, 5) is 4.51. The predicted molar refractivity (Wildman–Crippen MR) is 126 cm³/mol. The Balaban J connectivity index is 0.00000392. The molecule has 0 amide bonds. The molecular weight excluding hydrogens is 535 g/mol. The topological polar surface area (TPSA) is 91.8 Å². The van der Waals surface area contributed by atoms with Crippen molar-refractivity contribution in [1.29, 1.82) is 0 Å². The Morgan fingerprint density at radius 1 is 1.18 bits per heavy atom. The molecule has 1 heterocycles. The van der Waals surface area contributed by atoms with Crippen LogP contribution in [-0.2, 0) is 16.6 Å². The summed E-state index contributed by atoms with van der Waals surface area (Å²) in [7, 11) is -1.92. The number of para-hydroxylation sites is 1. The van der Waals surface area contributed by atoms with Gasteiger partial charge in [-0.2, -0.15) is 0 Å². The number of nitrogens with one attached hydrogen (secondary N) is 3. The summed E-state index contributed by atoms with van der Waals surface area (Å²) in [6, 6.07) is 10.7. The number of hydrogen-bond donors (Lipinski definition) is 3. The minimum atomic E-state index is -3.55. The highest BCUT2D eigenvalue weighted by Gasteiger charge is 2.15. The van der Waals surface area contributed by atoms with Gasteiger partial charge in [-0.1, -0.05) is 29.8 Å². The van der Waals surface area contributed by atoms with Crippen molar-refractivity contribution in [2.75, 3.05) is 26.7 Å². The Bertz CT molecular complexity index is 875. The zero-order valence-corrected chi connectivity index (χ0v) is 20.3. The van der Waals surface area contributed by atoms with Gasteiger partial charge in [0.25, 0.3) is 0 Å². The smallest absolute Gasteiger partial charge is 0.250 e. The molecule has 11 heteroatoms. The van der Waals surface area contributed by atoms with E-state index < -0.39 is 10.0 Å². The number of guanidine groups is 1. The van der Waals surface area contributed by atoms with Crippen LogP contribution in [0.3, 0.4) is 0 Å². The normalized spacial score (nSPS) is 11.6. The van der Waals surface area contributed by atoms with E-state index in [0.717, 1.165) is 22.6 Å². The first-order valence-electron chi connectivity index (χ1n) is 8.35. The second-order valence-electron chi connectivity index (χ2n) is 5.39. The van der Waals surface area contributed by atoms with Crippen LogP contribution < -0.4 is 20.1 Å². The van der Waals surface area contributed by atoms with Crippen LogP contribution in [0, 0.1) is 0 Å². The molecule has 0 aliphatic rings. The first-order valence-corrected chi connectivity index (χ1v) is 11.0. The third-order valence-electron chi connectivity index (χ3n) is 3.47. The van der Waals surface area contributed by atoms with Crippen LogP contribution in [0.4, 0.5) is 0 Å². The lowest BCUT2D eigenvalue weighted by Crippen LogP contribution is -2.41. The molecular formula is C17H24ClIN4O3S2. The Morgan fingerprint density at radius 3 is 2.57 bits per heavy atom. The standard InChI is InChI=1S/C17H23ClN4O3S2.HI/c1-3-19-17(21-12-13-6-4-5-7-14(13)25-2)20-10-11-22-27(23,24)16-9-8-15(18)26-16;/h4-9,22H,3,10-12H2,1-2H3,(H2,19,20,21);1H. The van der Waals surface area contributed by atoms with Crippen LogP contribution in [0.15, 0.2) is 45.6 Å². The van der Waals surface area contributed by atoms with Crippen molar-refractivity contribution in [1.82, 2.24) is 15.4 Å². The van der Waals surface area contributed by atoms with Crippen LogP contribution in [0.2, 0.25) is 4.34 Å². The number of rotatable bonds is 9. The van der Waals surface area contributed by atoms with Crippen molar-refractivity contribution in [2.24, 2.45) is 4.99 Å². The highest BCUT2D eigenvalue weighted by Crippen LogP contribution is 2.25. The molecule has 0 atom stereocenters. The first kappa shape index (κ1) is 25.0. The Labute approximate surface area is 192 Å². The molecule has 0 unspecified atom stereocenters. The summed E-state index contributed by atoms with van der Waals surface area (Å²) in [5.74, 6) is 1.38. The molecule has 0 saturated heterocycles. The fourth-order valence-electron chi connectivity index (χ4n) is 2.22. The molecule has 7 nitrogen and oxygen atoms in total. The number of sulfonamides is 1. The fraction of sp³-hybridized carbons (Fsp3) is 0.353. The van der Waals surface area contributed by atoms with E-state index in [2.05, 4.69) is 20.3 Å². The molecule has 0 radical (unpaired) electrons. The summed E-state index contributed by atoms with van der Waals surface area (Å²) in [5.41, 5.74) is 0.965. The monoisotopic (exact) mass is 558 g/mol. The second kappa shape index (κ2) is 12.5. The molecule has 3 N–H and O–H groups in total. The molecule has 2 aromatic rings. The van der Waals surface area contributed by atoms with Gasteiger partial charge in [0.15, 0.2) is 5.96 Å². The Morgan fingerprint density at radius 2 is 1.93 bits per heavy atom. The second-order valence-corrected chi connectivity index (χ2v) is 9.10. The fourth-order valence-corrected chi connectivity index (χ4v) is 4.78. The molecule has 156 valence electrons. The number of nitrogens with zero attached hydrogens (tertiary/aromatic N) is 1. The summed E-state index contributed by atoms with van der Waals surface area (Å²) >= 11 is 6.81. The average Bonchev–Trinajstić information content (AvgIpc) is 3.10. The van der Waals surface area contributed by atoms with Crippen molar-refractivity contribution in [3.05, 3.63) is 46.3 Å². The van der Waals surface area contributed by atoms with Crippen LogP contribution in [-0.4, -0.2) is 41.1 Å². The van der Waals surface area contributed by atoms with E-state index in [0.29, 0.717) is 29.9 Å². The van der Waals surface area contributed by atoms with E-state index in [-0.39, 0.29) is 34.7 Å². The molecule has 0 spiro atoms. The van der Waals surface area contributed by atoms with Crippen molar-refractivity contribution >= 4 is 62.9 Å². The number of methoxy groups -OCH3 is 1. The highest BCUT2D eigenvalue weighted by atomic mass is 127. The summed E-state index contributed by atoms with van der Waals surface area (Å²) in [6.45, 7) is 3.70. The molecule has 1 aromatic carbocycles. The van der Waals surface area contributed by atoms with E-state index in [1.54, 1.807) is 13.2 Å². The third-order valence-corrected chi connectivity index (χ3v) is 6.65. The van der Waals surface area contributed by atoms with Gasteiger partial charge in [-0.25, -0.2) is 18.1 Å². The van der Waals surface area contributed by atoms with E-state index in [1.165, 1.54) is 6.07 Å². The van der Waals surface area contributed by atoms with E-state index in [9.17, 15) is 8.42 Å². The molecule has 2 rings (SSSR count). The Kier molecular flexibility index (Phi) is 11.1. The average molecular weight is 559 g/mol. The van der Waals surface area contributed by atoms with Crippen molar-refractivity contribution < 1.29 is 13.2 Å². The first-order chi connectivity index (χ1) is 13.0. The number of ether oxygens (including phenoxy) is 1. The molecule has 0 bridgehead atoms. The zero-order chi connectivity index (χ0) is 19.7. The molecule has 0 aliphatic carbocycles. The lowest BCUT2D eigenvalue weighted by atomic mass is 10.2. The van der Waals surface area contributed by atoms with E-state index in [1.807, 2.05) is 31.2 Å². The summed E-state index contributed by atoms with van der Waals surface area (Å²) in [5, 5.41) is 6.23. The van der Waals surface area contributed by atoms with Gasteiger partial charge in [0.05, 0.1) is 18.0 Å². The number of benzene rings is 1. The lowest BCUT2D eigenvalue weighted by molar-refractivity contribution is 0.410. The minimum Gasteiger partial charge on any atom is -0.496 e. The highest BCUT2D eigenvalue weighted by molar-refractivity contribution is 14.0. The van der Waals surface area contributed by atoms with Gasteiger partial charge in [0.2, 0.25) is 10.0 Å². The van der Waals surface area contributed by atoms with Crippen LogP contribution in [0.5, 0.6) is 5.75 Å². The number of hydrogen-bond acceptors (Lipinski definition) is 5. The molecule has 28 heavy (non-hydrogen) atoms. The number of aliphatic imine (C=N–C) groups is 1. The number of thiophene rings is 1. The third kappa shape index (κ3) is 7.74. The van der Waals surface area contributed by atoms with Crippen LogP contribution in [0.1, 0.15) is 12.5 Å². The summed E-state index contributed by atoms with van der Waals surface area (Å²) < 4.78 is 32.8. The van der Waals surface area contributed by atoms with Gasteiger partial charge in [0, 0.05) is 25.2 Å². The zero-order valence-electron chi connectivity index (χ0n) is 15.6. The van der Waals surface area contributed by atoms with Gasteiger partial charge in [-0.05, 0) is 25.1 Å². The van der Waals surface area contributed by atoms with Gasteiger partial charge >= 0.3 is 0 Å².